The molecule has 1 fully saturated rings. The van der Waals surface area contributed by atoms with Crippen molar-refractivity contribution in [2.45, 2.75) is 63.3 Å². The molecule has 1 unspecified atom stereocenters. The number of hydrogen-bond acceptors (Lipinski definition) is 4. The summed E-state index contributed by atoms with van der Waals surface area (Å²) in [5.41, 5.74) is 5.84. The highest BCUT2D eigenvalue weighted by atomic mass is 32.2. The van der Waals surface area contributed by atoms with Crippen molar-refractivity contribution in [2.24, 2.45) is 5.73 Å². The molecule has 0 aromatic rings. The summed E-state index contributed by atoms with van der Waals surface area (Å²) in [5.74, 6) is 0. The van der Waals surface area contributed by atoms with Crippen LogP contribution in [0.15, 0.2) is 0 Å². The van der Waals surface area contributed by atoms with Gasteiger partial charge in [0.15, 0.2) is 5.25 Å². The van der Waals surface area contributed by atoms with E-state index in [9.17, 15) is 8.42 Å². The van der Waals surface area contributed by atoms with Gasteiger partial charge in [-0.1, -0.05) is 13.8 Å². The molecule has 6 heteroatoms. The fourth-order valence-corrected chi connectivity index (χ4v) is 4.44. The Hall–Kier alpha value is -0.640. The molecule has 0 amide bonds. The quantitative estimate of drug-likeness (QED) is 0.815. The number of sulfonamides is 1. The maximum Gasteiger partial charge on any atom is 0.230 e. The van der Waals surface area contributed by atoms with Crippen LogP contribution in [-0.2, 0) is 10.0 Å². The van der Waals surface area contributed by atoms with Crippen LogP contribution in [0.4, 0.5) is 0 Å². The van der Waals surface area contributed by atoms with Crippen LogP contribution in [0.1, 0.15) is 46.0 Å². The number of nitrogens with zero attached hydrogens (tertiary/aromatic N) is 2. The second kappa shape index (κ2) is 6.50. The number of rotatable bonds is 5. The Bertz CT molecular complexity index is 394. The third-order valence-corrected chi connectivity index (χ3v) is 6.03. The van der Waals surface area contributed by atoms with Gasteiger partial charge in [-0.25, -0.2) is 8.42 Å². The number of nitriles is 1. The van der Waals surface area contributed by atoms with Crippen LogP contribution in [0, 0.1) is 11.3 Å². The van der Waals surface area contributed by atoms with E-state index in [1.165, 1.54) is 4.31 Å². The number of hydrogen-bond donors (Lipinski definition) is 1. The predicted octanol–water partition coefficient (Wildman–Crippen LogP) is 1.21. The van der Waals surface area contributed by atoms with Gasteiger partial charge in [0.2, 0.25) is 10.0 Å². The SMILES string of the molecule is CCC(C#N)S(=O)(=O)N(CC)C1CCC(N)CC1. The first-order valence-electron chi connectivity index (χ1n) is 6.63. The lowest BCUT2D eigenvalue weighted by atomic mass is 9.92. The second-order valence-electron chi connectivity index (χ2n) is 4.84. The van der Waals surface area contributed by atoms with Gasteiger partial charge in [-0.3, -0.25) is 0 Å². The Morgan fingerprint density at radius 3 is 2.28 bits per heavy atom. The summed E-state index contributed by atoms with van der Waals surface area (Å²) >= 11 is 0. The van der Waals surface area contributed by atoms with E-state index in [-0.39, 0.29) is 12.1 Å². The first-order valence-corrected chi connectivity index (χ1v) is 8.13. The lowest BCUT2D eigenvalue weighted by molar-refractivity contribution is 0.246. The normalized spacial score (nSPS) is 26.8. The lowest BCUT2D eigenvalue weighted by Gasteiger charge is -2.35. The Balaban J connectivity index is 2.86. The van der Waals surface area contributed by atoms with Crippen LogP contribution in [0.25, 0.3) is 0 Å². The first kappa shape index (κ1) is 15.4. The van der Waals surface area contributed by atoms with Gasteiger partial charge in [-0.15, -0.1) is 0 Å². The van der Waals surface area contributed by atoms with Gasteiger partial charge in [0.25, 0.3) is 0 Å². The summed E-state index contributed by atoms with van der Waals surface area (Å²) in [6, 6.07) is 2.11. The first-order chi connectivity index (χ1) is 8.47. The fraction of sp³-hybridized carbons (Fsp3) is 0.917. The molecule has 0 aromatic carbocycles. The highest BCUT2D eigenvalue weighted by Crippen LogP contribution is 2.26. The van der Waals surface area contributed by atoms with Crippen LogP contribution in [0.5, 0.6) is 0 Å². The van der Waals surface area contributed by atoms with E-state index in [1.807, 2.05) is 13.0 Å². The highest BCUT2D eigenvalue weighted by molar-refractivity contribution is 7.90. The minimum Gasteiger partial charge on any atom is -0.328 e. The van der Waals surface area contributed by atoms with Gasteiger partial charge in [0.05, 0.1) is 6.07 Å². The van der Waals surface area contributed by atoms with Crippen molar-refractivity contribution in [1.82, 2.24) is 4.31 Å². The number of nitrogens with two attached hydrogens (primary N) is 1. The molecule has 0 spiro atoms. The van der Waals surface area contributed by atoms with E-state index in [2.05, 4.69) is 0 Å². The smallest absolute Gasteiger partial charge is 0.230 e. The van der Waals surface area contributed by atoms with E-state index in [4.69, 9.17) is 11.0 Å². The molecule has 1 atom stereocenters. The molecular formula is C12H23N3O2S. The van der Waals surface area contributed by atoms with Crippen molar-refractivity contribution in [3.8, 4) is 6.07 Å². The third kappa shape index (κ3) is 3.22. The summed E-state index contributed by atoms with van der Waals surface area (Å²) in [6.45, 7) is 3.99. The topological polar surface area (TPSA) is 87.2 Å². The maximum absolute atomic E-state index is 12.4. The van der Waals surface area contributed by atoms with Gasteiger partial charge >= 0.3 is 0 Å². The summed E-state index contributed by atoms with van der Waals surface area (Å²) in [4.78, 5) is 0. The molecule has 0 bridgehead atoms. The van der Waals surface area contributed by atoms with Crippen molar-refractivity contribution in [3.63, 3.8) is 0 Å². The summed E-state index contributed by atoms with van der Waals surface area (Å²) in [5, 5.41) is 8.05. The van der Waals surface area contributed by atoms with E-state index in [1.54, 1.807) is 6.92 Å². The van der Waals surface area contributed by atoms with Crippen molar-refractivity contribution < 1.29 is 8.42 Å². The van der Waals surface area contributed by atoms with Gasteiger partial charge in [0, 0.05) is 18.6 Å². The molecule has 2 N–H and O–H groups in total. The highest BCUT2D eigenvalue weighted by Gasteiger charge is 2.36. The molecule has 104 valence electrons. The molecule has 0 radical (unpaired) electrons. The summed E-state index contributed by atoms with van der Waals surface area (Å²) < 4.78 is 26.3. The average molecular weight is 273 g/mol. The Labute approximate surface area is 110 Å². The predicted molar refractivity (Wildman–Crippen MR) is 71.2 cm³/mol. The summed E-state index contributed by atoms with van der Waals surface area (Å²) in [7, 11) is -3.50. The minimum absolute atomic E-state index is 0.0159. The summed E-state index contributed by atoms with van der Waals surface area (Å²) in [6.07, 6.45) is 3.66. The van der Waals surface area contributed by atoms with Crippen molar-refractivity contribution in [3.05, 3.63) is 0 Å². The molecule has 0 heterocycles. The van der Waals surface area contributed by atoms with Gasteiger partial charge in [-0.05, 0) is 32.1 Å². The molecule has 0 aliphatic heterocycles. The monoisotopic (exact) mass is 273 g/mol. The zero-order valence-corrected chi connectivity index (χ0v) is 12.0. The van der Waals surface area contributed by atoms with Crippen molar-refractivity contribution >= 4 is 10.0 Å². The molecule has 1 aliphatic rings. The minimum atomic E-state index is -3.50. The maximum atomic E-state index is 12.4. The zero-order valence-electron chi connectivity index (χ0n) is 11.2. The third-order valence-electron chi connectivity index (χ3n) is 3.66. The molecule has 1 saturated carbocycles. The molecule has 0 aromatic heterocycles. The molecule has 1 rings (SSSR count). The van der Waals surface area contributed by atoms with Crippen molar-refractivity contribution in [1.29, 1.82) is 5.26 Å². The van der Waals surface area contributed by atoms with Crippen LogP contribution in [-0.4, -0.2) is 36.6 Å². The van der Waals surface area contributed by atoms with Gasteiger partial charge < -0.3 is 5.73 Å². The van der Waals surface area contributed by atoms with Crippen LogP contribution in [0.2, 0.25) is 0 Å². The molecule has 1 aliphatic carbocycles. The second-order valence-corrected chi connectivity index (χ2v) is 6.91. The zero-order chi connectivity index (χ0) is 13.8. The molecule has 18 heavy (non-hydrogen) atoms. The molecular weight excluding hydrogens is 250 g/mol. The van der Waals surface area contributed by atoms with Gasteiger partial charge in [0.1, 0.15) is 0 Å². The van der Waals surface area contributed by atoms with Crippen LogP contribution >= 0.6 is 0 Å². The van der Waals surface area contributed by atoms with E-state index in [0.717, 1.165) is 25.7 Å². The molecule has 5 nitrogen and oxygen atoms in total. The van der Waals surface area contributed by atoms with Gasteiger partial charge in [-0.2, -0.15) is 9.57 Å². The standard InChI is InChI=1S/C12H23N3O2S/c1-3-12(9-13)18(16,17)15(4-2)11-7-5-10(14)6-8-11/h10-12H,3-8,14H2,1-2H3. The lowest BCUT2D eigenvalue weighted by Crippen LogP contribution is -2.47. The Kier molecular flexibility index (Phi) is 5.57. The van der Waals surface area contributed by atoms with E-state index < -0.39 is 15.3 Å². The Morgan fingerprint density at radius 2 is 1.89 bits per heavy atom. The van der Waals surface area contributed by atoms with E-state index in [0.29, 0.717) is 13.0 Å². The fourth-order valence-electron chi connectivity index (χ4n) is 2.57. The largest absolute Gasteiger partial charge is 0.328 e. The molecule has 0 saturated heterocycles. The van der Waals surface area contributed by atoms with Crippen LogP contribution < -0.4 is 5.73 Å². The average Bonchev–Trinajstić information content (AvgIpc) is 2.33. The van der Waals surface area contributed by atoms with E-state index >= 15 is 0 Å². The Morgan fingerprint density at radius 1 is 1.33 bits per heavy atom. The van der Waals surface area contributed by atoms with Crippen molar-refractivity contribution in [2.75, 3.05) is 6.54 Å². The van der Waals surface area contributed by atoms with Crippen LogP contribution in [0.3, 0.4) is 0 Å².